The van der Waals surface area contributed by atoms with E-state index in [0.717, 1.165) is 5.56 Å². The molecule has 3 rings (SSSR count). The molecule has 142 valence electrons. The molecular weight excluding hydrogens is 359 g/mol. The Hall–Kier alpha value is -3.54. The van der Waals surface area contributed by atoms with Gasteiger partial charge in [-0.15, -0.1) is 0 Å². The smallest absolute Gasteiger partial charge is 0.224 e. The van der Waals surface area contributed by atoms with Gasteiger partial charge in [-0.05, 0) is 54.1 Å². The number of rotatable bonds is 8. The van der Waals surface area contributed by atoms with Crippen molar-refractivity contribution in [3.63, 3.8) is 0 Å². The molecule has 0 aliphatic rings. The number of nitrogens with zero attached hydrogens (tertiary/aromatic N) is 1. The summed E-state index contributed by atoms with van der Waals surface area (Å²) in [6.45, 7) is 0.250. The number of pyridine rings is 1. The Morgan fingerprint density at radius 1 is 1.00 bits per heavy atom. The summed E-state index contributed by atoms with van der Waals surface area (Å²) in [6.07, 6.45) is 3.29. The van der Waals surface area contributed by atoms with E-state index < -0.39 is 0 Å². The number of nitrogens with one attached hydrogen (secondary N) is 1. The first-order valence-electron chi connectivity index (χ1n) is 8.80. The van der Waals surface area contributed by atoms with Crippen molar-refractivity contribution in [2.45, 2.75) is 19.4 Å². The van der Waals surface area contributed by atoms with Crippen LogP contribution in [0.1, 0.15) is 28.8 Å². The van der Waals surface area contributed by atoms with E-state index in [4.69, 9.17) is 4.74 Å². The van der Waals surface area contributed by atoms with Crippen LogP contribution in [0, 0.1) is 5.82 Å². The van der Waals surface area contributed by atoms with Crippen molar-refractivity contribution in [1.29, 1.82) is 0 Å². The van der Waals surface area contributed by atoms with Gasteiger partial charge in [0, 0.05) is 36.5 Å². The Bertz CT molecular complexity index is 944. The molecule has 28 heavy (non-hydrogen) atoms. The number of benzene rings is 2. The van der Waals surface area contributed by atoms with Gasteiger partial charge in [0.15, 0.2) is 5.78 Å². The molecule has 0 fully saturated rings. The van der Waals surface area contributed by atoms with Crippen LogP contribution in [0.25, 0.3) is 0 Å². The highest BCUT2D eigenvalue weighted by molar-refractivity contribution is 5.99. The Morgan fingerprint density at radius 3 is 2.54 bits per heavy atom. The molecule has 0 saturated heterocycles. The zero-order valence-corrected chi connectivity index (χ0v) is 15.1. The molecule has 6 heteroatoms. The minimum Gasteiger partial charge on any atom is -0.489 e. The SMILES string of the molecule is O=C(CCC(=O)c1cccnc1)Nc1ccc(OCc2cccc(F)c2)cc1. The minimum absolute atomic E-state index is 0.0888. The molecule has 0 aliphatic carbocycles. The van der Waals surface area contributed by atoms with Crippen molar-refractivity contribution in [2.75, 3.05) is 5.32 Å². The minimum atomic E-state index is -0.304. The molecule has 0 radical (unpaired) electrons. The molecule has 2 aromatic carbocycles. The monoisotopic (exact) mass is 378 g/mol. The number of halogens is 1. The third-order valence-electron chi connectivity index (χ3n) is 4.00. The molecule has 3 aromatic rings. The number of amides is 1. The Balaban J connectivity index is 1.45. The highest BCUT2D eigenvalue weighted by atomic mass is 19.1. The molecule has 0 unspecified atom stereocenters. The number of anilines is 1. The quantitative estimate of drug-likeness (QED) is 0.590. The highest BCUT2D eigenvalue weighted by Gasteiger charge is 2.09. The van der Waals surface area contributed by atoms with Gasteiger partial charge in [-0.1, -0.05) is 12.1 Å². The summed E-state index contributed by atoms with van der Waals surface area (Å²) in [7, 11) is 0. The van der Waals surface area contributed by atoms with Gasteiger partial charge in [0.1, 0.15) is 18.2 Å². The van der Waals surface area contributed by atoms with E-state index >= 15 is 0 Å². The number of Topliss-reactive ketones (excluding diaryl/α,β-unsaturated/α-hetero) is 1. The van der Waals surface area contributed by atoms with Gasteiger partial charge >= 0.3 is 0 Å². The van der Waals surface area contributed by atoms with Gasteiger partial charge in [-0.25, -0.2) is 4.39 Å². The Kier molecular flexibility index (Phi) is 6.46. The summed E-state index contributed by atoms with van der Waals surface area (Å²) in [5.41, 5.74) is 1.84. The molecule has 0 spiro atoms. The van der Waals surface area contributed by atoms with Crippen molar-refractivity contribution in [1.82, 2.24) is 4.98 Å². The molecule has 0 bridgehead atoms. The van der Waals surface area contributed by atoms with Crippen LogP contribution in [-0.4, -0.2) is 16.7 Å². The lowest BCUT2D eigenvalue weighted by Gasteiger charge is -2.09. The Labute approximate surface area is 162 Å². The predicted molar refractivity (Wildman–Crippen MR) is 104 cm³/mol. The van der Waals surface area contributed by atoms with Crippen molar-refractivity contribution in [2.24, 2.45) is 0 Å². The summed E-state index contributed by atoms with van der Waals surface area (Å²) >= 11 is 0. The number of carbonyl (C=O) groups is 2. The second-order valence-corrected chi connectivity index (χ2v) is 6.16. The maximum atomic E-state index is 13.2. The van der Waals surface area contributed by atoms with Gasteiger partial charge in [-0.3, -0.25) is 14.6 Å². The number of ether oxygens (including phenoxy) is 1. The van der Waals surface area contributed by atoms with E-state index in [1.165, 1.54) is 18.3 Å². The summed E-state index contributed by atoms with van der Waals surface area (Å²) in [5, 5.41) is 2.75. The molecule has 5 nitrogen and oxygen atoms in total. The number of hydrogen-bond donors (Lipinski definition) is 1. The fourth-order valence-electron chi connectivity index (χ4n) is 2.55. The van der Waals surface area contributed by atoms with E-state index in [0.29, 0.717) is 17.0 Å². The standard InChI is InChI=1S/C22H19FN2O3/c23-18-5-1-3-16(13-18)15-28-20-8-6-19(7-9-20)25-22(27)11-10-21(26)17-4-2-12-24-14-17/h1-9,12-14H,10-11,15H2,(H,25,27). The van der Waals surface area contributed by atoms with Crippen LogP contribution >= 0.6 is 0 Å². The van der Waals surface area contributed by atoms with Crippen LogP contribution < -0.4 is 10.1 Å². The lowest BCUT2D eigenvalue weighted by atomic mass is 10.1. The van der Waals surface area contributed by atoms with Gasteiger partial charge in [0.2, 0.25) is 5.91 Å². The first kappa shape index (κ1) is 19.2. The molecule has 0 saturated carbocycles. The second-order valence-electron chi connectivity index (χ2n) is 6.16. The second kappa shape index (κ2) is 9.41. The first-order valence-corrected chi connectivity index (χ1v) is 8.80. The number of ketones is 1. The predicted octanol–water partition coefficient (Wildman–Crippen LogP) is 4.40. The number of hydrogen-bond acceptors (Lipinski definition) is 4. The normalized spacial score (nSPS) is 10.3. The lowest BCUT2D eigenvalue weighted by Crippen LogP contribution is -2.13. The highest BCUT2D eigenvalue weighted by Crippen LogP contribution is 2.18. The number of aromatic nitrogens is 1. The summed E-state index contributed by atoms with van der Waals surface area (Å²) in [5.74, 6) is -0.0646. The molecule has 1 N–H and O–H groups in total. The fraction of sp³-hybridized carbons (Fsp3) is 0.136. The average Bonchev–Trinajstić information content (AvgIpc) is 2.72. The summed E-state index contributed by atoms with van der Waals surface area (Å²) < 4.78 is 18.8. The Morgan fingerprint density at radius 2 is 1.82 bits per heavy atom. The lowest BCUT2D eigenvalue weighted by molar-refractivity contribution is -0.116. The van der Waals surface area contributed by atoms with Crippen molar-refractivity contribution in [3.05, 3.63) is 90.0 Å². The zero-order valence-electron chi connectivity index (χ0n) is 15.1. The third kappa shape index (κ3) is 5.74. The maximum Gasteiger partial charge on any atom is 0.224 e. The van der Waals surface area contributed by atoms with Crippen LogP contribution in [0.5, 0.6) is 5.75 Å². The van der Waals surface area contributed by atoms with Gasteiger partial charge in [0.05, 0.1) is 0 Å². The van der Waals surface area contributed by atoms with E-state index in [1.807, 2.05) is 0 Å². The van der Waals surface area contributed by atoms with Crippen LogP contribution in [0.4, 0.5) is 10.1 Å². The fourth-order valence-corrected chi connectivity index (χ4v) is 2.55. The van der Waals surface area contributed by atoms with Crippen LogP contribution in [0.2, 0.25) is 0 Å². The summed E-state index contributed by atoms with van der Waals surface area (Å²) in [6, 6.07) is 16.4. The van der Waals surface area contributed by atoms with E-state index in [1.54, 1.807) is 54.7 Å². The molecular formula is C22H19FN2O3. The van der Waals surface area contributed by atoms with E-state index in [-0.39, 0.29) is 37.0 Å². The maximum absolute atomic E-state index is 13.2. The van der Waals surface area contributed by atoms with E-state index in [2.05, 4.69) is 10.3 Å². The van der Waals surface area contributed by atoms with Crippen LogP contribution in [0.3, 0.4) is 0 Å². The topological polar surface area (TPSA) is 68.3 Å². The van der Waals surface area contributed by atoms with Crippen molar-refractivity contribution < 1.29 is 18.7 Å². The zero-order chi connectivity index (χ0) is 19.8. The largest absolute Gasteiger partial charge is 0.489 e. The molecule has 1 aromatic heterocycles. The van der Waals surface area contributed by atoms with E-state index in [9.17, 15) is 14.0 Å². The first-order chi connectivity index (χ1) is 13.6. The van der Waals surface area contributed by atoms with Crippen molar-refractivity contribution >= 4 is 17.4 Å². The van der Waals surface area contributed by atoms with Crippen molar-refractivity contribution in [3.8, 4) is 5.75 Å². The molecule has 0 atom stereocenters. The molecule has 1 amide bonds. The van der Waals surface area contributed by atoms with Gasteiger partial charge in [-0.2, -0.15) is 0 Å². The molecule has 1 heterocycles. The molecule has 0 aliphatic heterocycles. The van der Waals surface area contributed by atoms with Gasteiger partial charge < -0.3 is 10.1 Å². The number of carbonyl (C=O) groups excluding carboxylic acids is 2. The third-order valence-corrected chi connectivity index (χ3v) is 4.00. The average molecular weight is 378 g/mol. The van der Waals surface area contributed by atoms with Crippen LogP contribution in [0.15, 0.2) is 73.1 Å². The van der Waals surface area contributed by atoms with Crippen LogP contribution in [-0.2, 0) is 11.4 Å². The van der Waals surface area contributed by atoms with Gasteiger partial charge in [0.25, 0.3) is 0 Å². The summed E-state index contributed by atoms with van der Waals surface area (Å²) in [4.78, 5) is 27.9.